The first-order valence-corrected chi connectivity index (χ1v) is 5.67. The number of benzene rings is 1. The zero-order valence-corrected chi connectivity index (χ0v) is 10.7. The van der Waals surface area contributed by atoms with E-state index in [0.29, 0.717) is 0 Å². The number of halogens is 1. The lowest BCUT2D eigenvalue weighted by atomic mass is 10.2. The van der Waals surface area contributed by atoms with Crippen LogP contribution in [0.15, 0.2) is 24.3 Å². The van der Waals surface area contributed by atoms with Crippen molar-refractivity contribution in [3.8, 4) is 0 Å². The van der Waals surface area contributed by atoms with Gasteiger partial charge in [0.05, 0.1) is 6.61 Å². The second kappa shape index (κ2) is 7.85. The van der Waals surface area contributed by atoms with Crippen molar-refractivity contribution in [3.63, 3.8) is 0 Å². The SMILES string of the molecule is COCCNC(=O)C(=O)NNC(=O)c1ccc(F)cc1. The molecule has 3 amide bonds. The maximum atomic E-state index is 12.7. The number of hydrogen-bond acceptors (Lipinski definition) is 4. The van der Waals surface area contributed by atoms with Crippen LogP contribution in [0, 0.1) is 5.82 Å². The summed E-state index contributed by atoms with van der Waals surface area (Å²) >= 11 is 0. The summed E-state index contributed by atoms with van der Waals surface area (Å²) in [6.45, 7) is 0.440. The van der Waals surface area contributed by atoms with E-state index in [1.165, 1.54) is 19.2 Å². The zero-order valence-electron chi connectivity index (χ0n) is 10.7. The van der Waals surface area contributed by atoms with Gasteiger partial charge in [-0.3, -0.25) is 25.2 Å². The first-order valence-electron chi connectivity index (χ1n) is 5.67. The molecule has 1 aromatic carbocycles. The van der Waals surface area contributed by atoms with Gasteiger partial charge < -0.3 is 10.1 Å². The minimum absolute atomic E-state index is 0.145. The van der Waals surface area contributed by atoms with Crippen molar-refractivity contribution in [2.24, 2.45) is 0 Å². The van der Waals surface area contributed by atoms with Crippen LogP contribution in [0.3, 0.4) is 0 Å². The number of nitrogens with one attached hydrogen (secondary N) is 3. The van der Waals surface area contributed by atoms with Gasteiger partial charge in [0.2, 0.25) is 0 Å². The third kappa shape index (κ3) is 5.02. The maximum Gasteiger partial charge on any atom is 0.327 e. The van der Waals surface area contributed by atoms with Crippen LogP contribution in [0.2, 0.25) is 0 Å². The maximum absolute atomic E-state index is 12.7. The van der Waals surface area contributed by atoms with Gasteiger partial charge in [-0.2, -0.15) is 0 Å². The first kappa shape index (κ1) is 15.6. The fraction of sp³-hybridized carbons (Fsp3) is 0.250. The van der Waals surface area contributed by atoms with Crippen LogP contribution >= 0.6 is 0 Å². The third-order valence-electron chi connectivity index (χ3n) is 2.19. The number of carbonyl (C=O) groups is 3. The number of rotatable bonds is 4. The Morgan fingerprint density at radius 3 is 2.35 bits per heavy atom. The molecule has 0 radical (unpaired) electrons. The monoisotopic (exact) mass is 283 g/mol. The Morgan fingerprint density at radius 2 is 1.75 bits per heavy atom. The Hall–Kier alpha value is -2.48. The smallest absolute Gasteiger partial charge is 0.327 e. The Bertz CT molecular complexity index is 490. The molecule has 0 aromatic heterocycles. The summed E-state index contributed by atoms with van der Waals surface area (Å²) in [4.78, 5) is 34.1. The molecule has 108 valence electrons. The highest BCUT2D eigenvalue weighted by Crippen LogP contribution is 2.01. The van der Waals surface area contributed by atoms with Crippen molar-refractivity contribution in [3.05, 3.63) is 35.6 Å². The topological polar surface area (TPSA) is 96.5 Å². The number of ether oxygens (including phenoxy) is 1. The van der Waals surface area contributed by atoms with Gasteiger partial charge in [0.1, 0.15) is 5.82 Å². The van der Waals surface area contributed by atoms with Gasteiger partial charge in [-0.05, 0) is 24.3 Å². The molecule has 0 aliphatic heterocycles. The van der Waals surface area contributed by atoms with E-state index in [1.54, 1.807) is 0 Å². The summed E-state index contributed by atoms with van der Waals surface area (Å²) in [5.74, 6) is -3.07. The molecule has 3 N–H and O–H groups in total. The molecule has 0 spiro atoms. The standard InChI is InChI=1S/C12H14FN3O4/c1-20-7-6-14-11(18)12(19)16-15-10(17)8-2-4-9(13)5-3-8/h2-5H,6-7H2,1H3,(H,14,18)(H,15,17)(H,16,19). The van der Waals surface area contributed by atoms with E-state index >= 15 is 0 Å². The lowest BCUT2D eigenvalue weighted by molar-refractivity contribution is -0.139. The molecule has 0 unspecified atom stereocenters. The molecule has 0 bridgehead atoms. The van der Waals surface area contributed by atoms with Crippen LogP contribution in [0.1, 0.15) is 10.4 Å². The molecule has 8 heteroatoms. The van der Waals surface area contributed by atoms with E-state index < -0.39 is 23.5 Å². The van der Waals surface area contributed by atoms with Crippen molar-refractivity contribution < 1.29 is 23.5 Å². The number of hydrazine groups is 1. The number of amides is 3. The van der Waals surface area contributed by atoms with Gasteiger partial charge >= 0.3 is 11.8 Å². The fourth-order valence-electron chi connectivity index (χ4n) is 1.19. The van der Waals surface area contributed by atoms with Crippen LogP contribution in [0.4, 0.5) is 4.39 Å². The lowest BCUT2D eigenvalue weighted by Gasteiger charge is -2.07. The number of hydrogen-bond donors (Lipinski definition) is 3. The Kier molecular flexibility index (Phi) is 6.11. The first-order chi connectivity index (χ1) is 9.54. The van der Waals surface area contributed by atoms with E-state index in [0.717, 1.165) is 12.1 Å². The predicted molar refractivity (Wildman–Crippen MR) is 66.9 cm³/mol. The summed E-state index contributed by atoms with van der Waals surface area (Å²) in [5, 5.41) is 2.28. The molecular formula is C12H14FN3O4. The predicted octanol–water partition coefficient (Wildman–Crippen LogP) is -0.651. The number of methoxy groups -OCH3 is 1. The van der Waals surface area contributed by atoms with Crippen LogP contribution in [0.25, 0.3) is 0 Å². The van der Waals surface area contributed by atoms with Gasteiger partial charge in [0, 0.05) is 19.2 Å². The van der Waals surface area contributed by atoms with Gasteiger partial charge in [-0.1, -0.05) is 0 Å². The summed E-state index contributed by atoms with van der Waals surface area (Å²) < 4.78 is 17.3. The number of carbonyl (C=O) groups excluding carboxylic acids is 3. The molecule has 20 heavy (non-hydrogen) atoms. The van der Waals surface area contributed by atoms with Crippen molar-refractivity contribution in [2.75, 3.05) is 20.3 Å². The molecule has 0 fully saturated rings. The summed E-state index contributed by atoms with van der Waals surface area (Å²) in [7, 11) is 1.45. The average Bonchev–Trinajstić information content (AvgIpc) is 2.45. The normalized spacial score (nSPS) is 9.70. The van der Waals surface area contributed by atoms with Gasteiger partial charge in [0.15, 0.2) is 0 Å². The fourth-order valence-corrected chi connectivity index (χ4v) is 1.19. The van der Waals surface area contributed by atoms with Crippen LogP contribution < -0.4 is 16.2 Å². The van der Waals surface area contributed by atoms with Gasteiger partial charge in [-0.15, -0.1) is 0 Å². The summed E-state index contributed by atoms with van der Waals surface area (Å²) in [5.41, 5.74) is 4.12. The molecule has 1 aromatic rings. The molecule has 7 nitrogen and oxygen atoms in total. The van der Waals surface area contributed by atoms with Gasteiger partial charge in [-0.25, -0.2) is 4.39 Å². The van der Waals surface area contributed by atoms with Crippen molar-refractivity contribution in [2.45, 2.75) is 0 Å². The largest absolute Gasteiger partial charge is 0.383 e. The minimum atomic E-state index is -1.02. The summed E-state index contributed by atoms with van der Waals surface area (Å²) in [6.07, 6.45) is 0. The molecule has 0 aliphatic carbocycles. The molecule has 0 saturated heterocycles. The Balaban J connectivity index is 2.38. The highest BCUT2D eigenvalue weighted by molar-refractivity contribution is 6.35. The van der Waals surface area contributed by atoms with Crippen molar-refractivity contribution in [1.29, 1.82) is 0 Å². The summed E-state index contributed by atoms with van der Waals surface area (Å²) in [6, 6.07) is 4.70. The molecule has 0 heterocycles. The quantitative estimate of drug-likeness (QED) is 0.388. The third-order valence-corrected chi connectivity index (χ3v) is 2.19. The van der Waals surface area contributed by atoms with Crippen molar-refractivity contribution >= 4 is 17.7 Å². The van der Waals surface area contributed by atoms with E-state index in [4.69, 9.17) is 4.74 Å². The highest BCUT2D eigenvalue weighted by atomic mass is 19.1. The lowest BCUT2D eigenvalue weighted by Crippen LogP contribution is -2.49. The minimum Gasteiger partial charge on any atom is -0.383 e. The molecule has 0 aliphatic rings. The highest BCUT2D eigenvalue weighted by Gasteiger charge is 2.14. The molecule has 0 atom stereocenters. The molecule has 1 rings (SSSR count). The second-order valence-corrected chi connectivity index (χ2v) is 3.66. The average molecular weight is 283 g/mol. The van der Waals surface area contributed by atoms with Crippen molar-refractivity contribution in [1.82, 2.24) is 16.2 Å². The van der Waals surface area contributed by atoms with Crippen LogP contribution in [0.5, 0.6) is 0 Å². The van der Waals surface area contributed by atoms with Gasteiger partial charge in [0.25, 0.3) is 5.91 Å². The van der Waals surface area contributed by atoms with E-state index in [-0.39, 0.29) is 18.7 Å². The van der Waals surface area contributed by atoms with E-state index in [1.807, 2.05) is 10.9 Å². The Morgan fingerprint density at radius 1 is 1.10 bits per heavy atom. The second-order valence-electron chi connectivity index (χ2n) is 3.66. The van der Waals surface area contributed by atoms with Crippen LogP contribution in [-0.4, -0.2) is 38.0 Å². The molecular weight excluding hydrogens is 269 g/mol. The zero-order chi connectivity index (χ0) is 15.0. The van der Waals surface area contributed by atoms with E-state index in [2.05, 4.69) is 5.32 Å². The Labute approximate surface area is 114 Å². The molecule has 0 saturated carbocycles. The van der Waals surface area contributed by atoms with Crippen LogP contribution in [-0.2, 0) is 14.3 Å². The van der Waals surface area contributed by atoms with E-state index in [9.17, 15) is 18.8 Å².